The van der Waals surface area contributed by atoms with E-state index in [4.69, 9.17) is 33.3 Å². The molecule has 0 N–H and O–H groups in total. The lowest BCUT2D eigenvalue weighted by Gasteiger charge is -2.15. The first-order valence-electron chi connectivity index (χ1n) is 9.54. The number of carbonyl (C=O) groups excluding carboxylic acids is 1. The smallest absolute Gasteiger partial charge is 0.270 e. The SMILES string of the molecule is COc1cc(C=C2SC(=S)N(c3ccccc3F)C2=O)cc(Cl)c1OCc1ccccc1. The Morgan fingerprint density at radius 3 is 2.56 bits per heavy atom. The van der Waals surface area contributed by atoms with Crippen molar-refractivity contribution in [2.45, 2.75) is 6.61 Å². The second-order valence-electron chi connectivity index (χ2n) is 6.78. The number of thiocarbonyl (C=S) groups is 1. The molecule has 1 fully saturated rings. The van der Waals surface area contributed by atoms with Crippen LogP contribution in [0, 0.1) is 5.82 Å². The average Bonchev–Trinajstić information content (AvgIpc) is 3.06. The van der Waals surface area contributed by atoms with E-state index < -0.39 is 11.7 Å². The highest BCUT2D eigenvalue weighted by Gasteiger charge is 2.34. The second kappa shape index (κ2) is 9.73. The maximum absolute atomic E-state index is 14.2. The van der Waals surface area contributed by atoms with Crippen molar-refractivity contribution in [2.75, 3.05) is 12.0 Å². The Morgan fingerprint density at radius 1 is 1.12 bits per heavy atom. The molecule has 1 aliphatic heterocycles. The number of benzene rings is 3. The van der Waals surface area contributed by atoms with Crippen molar-refractivity contribution in [1.29, 1.82) is 0 Å². The fourth-order valence-electron chi connectivity index (χ4n) is 3.15. The molecule has 1 saturated heterocycles. The third kappa shape index (κ3) is 4.65. The fourth-order valence-corrected chi connectivity index (χ4v) is 4.71. The second-order valence-corrected chi connectivity index (χ2v) is 8.86. The topological polar surface area (TPSA) is 38.8 Å². The van der Waals surface area contributed by atoms with Gasteiger partial charge in [0, 0.05) is 0 Å². The summed E-state index contributed by atoms with van der Waals surface area (Å²) >= 11 is 12.9. The minimum absolute atomic E-state index is 0.124. The molecule has 0 atom stereocenters. The fraction of sp³-hybridized carbons (Fsp3) is 0.0833. The van der Waals surface area contributed by atoms with E-state index >= 15 is 0 Å². The van der Waals surface area contributed by atoms with Gasteiger partial charge in [0.2, 0.25) is 0 Å². The van der Waals surface area contributed by atoms with E-state index in [9.17, 15) is 9.18 Å². The third-order valence-corrected chi connectivity index (χ3v) is 6.25. The molecule has 0 unspecified atom stereocenters. The first kappa shape index (κ1) is 22.3. The van der Waals surface area contributed by atoms with Crippen molar-refractivity contribution in [1.82, 2.24) is 0 Å². The number of halogens is 2. The lowest BCUT2D eigenvalue weighted by molar-refractivity contribution is -0.113. The van der Waals surface area contributed by atoms with Gasteiger partial charge in [-0.3, -0.25) is 9.69 Å². The average molecular weight is 486 g/mol. The van der Waals surface area contributed by atoms with Crippen LogP contribution in [0.5, 0.6) is 11.5 Å². The summed E-state index contributed by atoms with van der Waals surface area (Å²) in [6, 6.07) is 19.1. The molecular weight excluding hydrogens is 469 g/mol. The molecule has 32 heavy (non-hydrogen) atoms. The van der Waals surface area contributed by atoms with E-state index in [1.54, 1.807) is 30.3 Å². The first-order chi connectivity index (χ1) is 15.5. The van der Waals surface area contributed by atoms with Crippen LogP contribution in [0.4, 0.5) is 10.1 Å². The summed E-state index contributed by atoms with van der Waals surface area (Å²) in [4.78, 5) is 14.5. The van der Waals surface area contributed by atoms with Gasteiger partial charge >= 0.3 is 0 Å². The first-order valence-corrected chi connectivity index (χ1v) is 11.1. The maximum Gasteiger partial charge on any atom is 0.270 e. The van der Waals surface area contributed by atoms with Gasteiger partial charge in [0.1, 0.15) is 12.4 Å². The van der Waals surface area contributed by atoms with Crippen molar-refractivity contribution in [3.63, 3.8) is 0 Å². The molecule has 0 saturated carbocycles. The quantitative estimate of drug-likeness (QED) is 0.295. The number of para-hydroxylation sites is 1. The summed E-state index contributed by atoms with van der Waals surface area (Å²) in [6.45, 7) is 0.331. The Bertz CT molecular complexity index is 1220. The van der Waals surface area contributed by atoms with Gasteiger partial charge < -0.3 is 9.47 Å². The van der Waals surface area contributed by atoms with Crippen LogP contribution in [0.3, 0.4) is 0 Å². The normalized spacial score (nSPS) is 14.8. The summed E-state index contributed by atoms with van der Waals surface area (Å²) in [5, 5.41) is 0.344. The summed E-state index contributed by atoms with van der Waals surface area (Å²) in [5.41, 5.74) is 1.75. The van der Waals surface area contributed by atoms with E-state index in [0.29, 0.717) is 33.6 Å². The number of nitrogens with zero attached hydrogens (tertiary/aromatic N) is 1. The van der Waals surface area contributed by atoms with Crippen molar-refractivity contribution < 1.29 is 18.7 Å². The van der Waals surface area contributed by atoms with Gasteiger partial charge in [-0.1, -0.05) is 78.0 Å². The Kier molecular flexibility index (Phi) is 6.79. The lowest BCUT2D eigenvalue weighted by atomic mass is 10.1. The molecule has 162 valence electrons. The highest BCUT2D eigenvalue weighted by molar-refractivity contribution is 8.27. The van der Waals surface area contributed by atoms with Crippen LogP contribution in [-0.4, -0.2) is 17.3 Å². The molecule has 3 aromatic carbocycles. The molecule has 1 amide bonds. The zero-order valence-electron chi connectivity index (χ0n) is 16.9. The number of hydrogen-bond acceptors (Lipinski definition) is 5. The van der Waals surface area contributed by atoms with Crippen LogP contribution in [-0.2, 0) is 11.4 Å². The van der Waals surface area contributed by atoms with Crippen molar-refractivity contribution >= 4 is 57.6 Å². The van der Waals surface area contributed by atoms with Crippen LogP contribution in [0.1, 0.15) is 11.1 Å². The molecule has 0 radical (unpaired) electrons. The number of anilines is 1. The third-order valence-electron chi connectivity index (χ3n) is 4.66. The molecule has 1 aliphatic rings. The van der Waals surface area contributed by atoms with Gasteiger partial charge in [-0.15, -0.1) is 0 Å². The van der Waals surface area contributed by atoms with Crippen molar-refractivity contribution in [3.05, 3.63) is 93.6 Å². The number of carbonyl (C=O) groups is 1. The standard InChI is InChI=1S/C24H17ClFNO3S2/c1-29-20-12-16(11-17(25)22(20)30-14-15-7-3-2-4-8-15)13-21-23(28)27(24(31)32-21)19-10-6-5-9-18(19)26/h2-13H,14H2,1H3. The Balaban J connectivity index is 1.60. The number of thioether (sulfide) groups is 1. The molecule has 0 aromatic heterocycles. The Hall–Kier alpha value is -2.87. The van der Waals surface area contributed by atoms with Gasteiger partial charge in [-0.25, -0.2) is 4.39 Å². The van der Waals surface area contributed by atoms with E-state index in [1.807, 2.05) is 30.3 Å². The van der Waals surface area contributed by atoms with Gasteiger partial charge in [-0.2, -0.15) is 0 Å². The Morgan fingerprint density at radius 2 is 1.84 bits per heavy atom. The number of rotatable bonds is 6. The Labute approximate surface area is 199 Å². The number of amides is 1. The van der Waals surface area contributed by atoms with Crippen molar-refractivity contribution in [2.24, 2.45) is 0 Å². The summed E-state index contributed by atoms with van der Waals surface area (Å²) in [6.07, 6.45) is 1.65. The number of methoxy groups -OCH3 is 1. The lowest BCUT2D eigenvalue weighted by Crippen LogP contribution is -2.28. The van der Waals surface area contributed by atoms with Crippen molar-refractivity contribution in [3.8, 4) is 11.5 Å². The van der Waals surface area contributed by atoms with Gasteiger partial charge in [-0.05, 0) is 41.5 Å². The zero-order valence-corrected chi connectivity index (χ0v) is 19.3. The van der Waals surface area contributed by atoms with E-state index in [0.717, 1.165) is 17.3 Å². The minimum atomic E-state index is -0.519. The zero-order chi connectivity index (χ0) is 22.7. The van der Waals surface area contributed by atoms with Crippen LogP contribution >= 0.6 is 35.6 Å². The molecule has 0 aliphatic carbocycles. The molecule has 4 rings (SSSR count). The molecule has 8 heteroatoms. The van der Waals surface area contributed by atoms with Gasteiger partial charge in [0.05, 0.1) is 22.7 Å². The van der Waals surface area contributed by atoms with Crippen LogP contribution < -0.4 is 14.4 Å². The molecule has 0 spiro atoms. The van der Waals surface area contributed by atoms with Crippen LogP contribution in [0.25, 0.3) is 6.08 Å². The van der Waals surface area contributed by atoms with E-state index in [2.05, 4.69) is 0 Å². The van der Waals surface area contributed by atoms with E-state index in [1.165, 1.54) is 24.1 Å². The largest absolute Gasteiger partial charge is 0.493 e. The summed E-state index contributed by atoms with van der Waals surface area (Å²) in [5.74, 6) is -0.0717. The van der Waals surface area contributed by atoms with Crippen LogP contribution in [0.2, 0.25) is 5.02 Å². The highest BCUT2D eigenvalue weighted by atomic mass is 35.5. The van der Waals surface area contributed by atoms with Gasteiger partial charge in [0.25, 0.3) is 5.91 Å². The molecule has 0 bridgehead atoms. The number of hydrogen-bond donors (Lipinski definition) is 0. The summed E-state index contributed by atoms with van der Waals surface area (Å²) in [7, 11) is 1.52. The van der Waals surface area contributed by atoms with Crippen LogP contribution in [0.15, 0.2) is 71.6 Å². The van der Waals surface area contributed by atoms with Gasteiger partial charge in [0.15, 0.2) is 15.8 Å². The maximum atomic E-state index is 14.2. The van der Waals surface area contributed by atoms with E-state index in [-0.39, 0.29) is 10.0 Å². The minimum Gasteiger partial charge on any atom is -0.493 e. The predicted octanol–water partition coefficient (Wildman–Crippen LogP) is 6.47. The monoisotopic (exact) mass is 485 g/mol. The predicted molar refractivity (Wildman–Crippen MR) is 131 cm³/mol. The number of ether oxygens (including phenoxy) is 2. The molecule has 3 aromatic rings. The highest BCUT2D eigenvalue weighted by Crippen LogP contribution is 2.40. The summed E-state index contributed by atoms with van der Waals surface area (Å²) < 4.78 is 25.8. The molecule has 1 heterocycles. The molecular formula is C24H17ClFNO3S2. The molecule has 4 nitrogen and oxygen atoms in total.